The van der Waals surface area contributed by atoms with Crippen LogP contribution in [0.2, 0.25) is 0 Å². The van der Waals surface area contributed by atoms with Crippen LogP contribution in [0, 0.1) is 0 Å². The Morgan fingerprint density at radius 2 is 1.93 bits per heavy atom. The Hall–Kier alpha value is -2.68. The van der Waals surface area contributed by atoms with E-state index in [0.717, 1.165) is 21.8 Å². The third kappa shape index (κ3) is 4.72. The predicted octanol–water partition coefficient (Wildman–Crippen LogP) is 3.90. The molecule has 0 unspecified atom stereocenters. The van der Waals surface area contributed by atoms with Gasteiger partial charge < -0.3 is 4.42 Å². The van der Waals surface area contributed by atoms with E-state index in [4.69, 9.17) is 4.42 Å². The van der Waals surface area contributed by atoms with Gasteiger partial charge in [-0.2, -0.15) is 22.0 Å². The number of aromatic nitrogens is 4. The lowest BCUT2D eigenvalue weighted by Gasteiger charge is -2.23. The van der Waals surface area contributed by atoms with E-state index in [1.165, 1.54) is 13.1 Å². The first-order chi connectivity index (χ1) is 14.0. The molecule has 0 saturated heterocycles. The molecule has 0 amide bonds. The van der Waals surface area contributed by atoms with Gasteiger partial charge in [-0.3, -0.25) is 9.29 Å². The molecule has 0 aliphatic rings. The zero-order valence-corrected chi connectivity index (χ0v) is 16.6. The van der Waals surface area contributed by atoms with Crippen LogP contribution in [0.1, 0.15) is 29.8 Å². The highest BCUT2D eigenvalue weighted by atomic mass is 32.2. The Labute approximate surface area is 170 Å². The van der Waals surface area contributed by atoms with Gasteiger partial charge in [0, 0.05) is 6.20 Å². The minimum Gasteiger partial charge on any atom is -0.414 e. The molecule has 0 radical (unpaired) electrons. The van der Waals surface area contributed by atoms with Crippen LogP contribution >= 0.6 is 11.3 Å². The SMILES string of the molecule is CCS(=O)(=O)N(Cc1ncc(-c2nnc(C(F)F)o2)s1)c1cncc(C(F)(F)F)c1. The fraction of sp³-hybridized carbons (Fsp3) is 0.333. The summed E-state index contributed by atoms with van der Waals surface area (Å²) in [6, 6.07) is 0.668. The van der Waals surface area contributed by atoms with Gasteiger partial charge in [0.15, 0.2) is 0 Å². The van der Waals surface area contributed by atoms with Crippen LogP contribution in [-0.2, 0) is 22.7 Å². The molecule has 0 saturated carbocycles. The Morgan fingerprint density at radius 1 is 1.20 bits per heavy atom. The molecular weight excluding hydrogens is 457 g/mol. The lowest BCUT2D eigenvalue weighted by molar-refractivity contribution is -0.137. The minimum atomic E-state index is -4.71. The molecule has 0 aliphatic heterocycles. The number of sulfonamides is 1. The first-order valence-electron chi connectivity index (χ1n) is 8.10. The molecule has 15 heteroatoms. The van der Waals surface area contributed by atoms with Gasteiger partial charge in [0.05, 0.1) is 35.9 Å². The van der Waals surface area contributed by atoms with E-state index in [9.17, 15) is 30.4 Å². The van der Waals surface area contributed by atoms with Crippen molar-refractivity contribution in [1.82, 2.24) is 20.2 Å². The summed E-state index contributed by atoms with van der Waals surface area (Å²) in [5.41, 5.74) is -1.40. The zero-order chi connectivity index (χ0) is 22.1. The fourth-order valence-electron chi connectivity index (χ4n) is 2.25. The molecule has 3 aromatic heterocycles. The third-order valence-corrected chi connectivity index (χ3v) is 6.42. The number of hydrogen-bond donors (Lipinski definition) is 0. The van der Waals surface area contributed by atoms with Crippen LogP contribution in [0.5, 0.6) is 0 Å². The summed E-state index contributed by atoms with van der Waals surface area (Å²) in [5.74, 6) is -1.51. The van der Waals surface area contributed by atoms with Crippen LogP contribution in [0.4, 0.5) is 27.6 Å². The normalized spacial score (nSPS) is 12.5. The monoisotopic (exact) mass is 469 g/mol. The number of hydrogen-bond acceptors (Lipinski definition) is 8. The number of halogens is 5. The van der Waals surface area contributed by atoms with Crippen molar-refractivity contribution in [3.8, 4) is 10.8 Å². The van der Waals surface area contributed by atoms with E-state index in [1.807, 2.05) is 0 Å². The molecule has 0 fully saturated rings. The number of anilines is 1. The lowest BCUT2D eigenvalue weighted by Crippen LogP contribution is -2.32. The van der Waals surface area contributed by atoms with Crippen LogP contribution in [-0.4, -0.2) is 34.3 Å². The van der Waals surface area contributed by atoms with Crippen molar-refractivity contribution in [3.05, 3.63) is 41.1 Å². The Morgan fingerprint density at radius 3 is 2.53 bits per heavy atom. The van der Waals surface area contributed by atoms with Gasteiger partial charge in [0.2, 0.25) is 10.0 Å². The fourth-order valence-corrected chi connectivity index (χ4v) is 4.21. The smallest absolute Gasteiger partial charge is 0.414 e. The summed E-state index contributed by atoms with van der Waals surface area (Å²) in [6.45, 7) is 0.931. The molecule has 3 aromatic rings. The first kappa shape index (κ1) is 22.0. The van der Waals surface area contributed by atoms with Crippen molar-refractivity contribution in [2.75, 3.05) is 10.1 Å². The molecule has 0 N–H and O–H groups in total. The maximum atomic E-state index is 13.0. The number of thiazole rings is 1. The second-order valence-corrected chi connectivity index (χ2v) is 9.00. The second kappa shape index (κ2) is 8.22. The molecule has 8 nitrogen and oxygen atoms in total. The van der Waals surface area contributed by atoms with Crippen molar-refractivity contribution in [2.45, 2.75) is 26.1 Å². The highest BCUT2D eigenvalue weighted by molar-refractivity contribution is 7.92. The molecule has 0 atom stereocenters. The molecular formula is C15H12F5N5O3S2. The molecule has 0 aliphatic carbocycles. The van der Waals surface area contributed by atoms with Crippen LogP contribution in [0.25, 0.3) is 10.8 Å². The van der Waals surface area contributed by atoms with Crippen molar-refractivity contribution in [2.24, 2.45) is 0 Å². The lowest BCUT2D eigenvalue weighted by atomic mass is 10.2. The average Bonchev–Trinajstić information content (AvgIpc) is 3.35. The standard InChI is InChI=1S/C15H12F5N5O3S2/c1-2-30(26,27)25(9-3-8(4-21-5-9)15(18,19)20)7-11-22-6-10(29-11)13-23-24-14(28-13)12(16)17/h3-6,12H,2,7H2,1H3. The molecule has 30 heavy (non-hydrogen) atoms. The summed E-state index contributed by atoms with van der Waals surface area (Å²) in [7, 11) is -3.99. The van der Waals surface area contributed by atoms with Gasteiger partial charge >= 0.3 is 12.6 Å². The topological polar surface area (TPSA) is 102 Å². The Balaban J connectivity index is 1.93. The van der Waals surface area contributed by atoms with Gasteiger partial charge in [0.1, 0.15) is 9.88 Å². The summed E-state index contributed by atoms with van der Waals surface area (Å²) >= 11 is 0.869. The number of alkyl halides is 5. The highest BCUT2D eigenvalue weighted by Crippen LogP contribution is 2.33. The van der Waals surface area contributed by atoms with Crippen molar-refractivity contribution in [3.63, 3.8) is 0 Å². The maximum absolute atomic E-state index is 13.0. The Bertz CT molecular complexity index is 1130. The van der Waals surface area contributed by atoms with Crippen LogP contribution < -0.4 is 4.31 Å². The van der Waals surface area contributed by atoms with Gasteiger partial charge in [-0.05, 0) is 13.0 Å². The number of pyridine rings is 1. The molecule has 3 rings (SSSR count). The van der Waals surface area contributed by atoms with E-state index in [-0.39, 0.29) is 27.2 Å². The maximum Gasteiger partial charge on any atom is 0.417 e. The van der Waals surface area contributed by atoms with E-state index >= 15 is 0 Å². The third-order valence-electron chi connectivity index (χ3n) is 3.71. The van der Waals surface area contributed by atoms with E-state index < -0.39 is 40.6 Å². The van der Waals surface area contributed by atoms with Crippen LogP contribution in [0.15, 0.2) is 29.1 Å². The molecule has 3 heterocycles. The molecule has 0 spiro atoms. The summed E-state index contributed by atoms with van der Waals surface area (Å²) in [4.78, 5) is 7.67. The molecule has 0 aromatic carbocycles. The highest BCUT2D eigenvalue weighted by Gasteiger charge is 2.33. The summed E-state index contributed by atoms with van der Waals surface area (Å²) < 4.78 is 94.7. The zero-order valence-electron chi connectivity index (χ0n) is 15.0. The van der Waals surface area contributed by atoms with E-state index in [1.54, 1.807) is 0 Å². The predicted molar refractivity (Wildman–Crippen MR) is 95.2 cm³/mol. The van der Waals surface area contributed by atoms with Gasteiger partial charge in [-0.15, -0.1) is 21.5 Å². The first-order valence-corrected chi connectivity index (χ1v) is 10.5. The van der Waals surface area contributed by atoms with Gasteiger partial charge in [-0.25, -0.2) is 13.4 Å². The minimum absolute atomic E-state index is 0.163. The summed E-state index contributed by atoms with van der Waals surface area (Å²) in [5, 5.41) is 6.82. The van der Waals surface area contributed by atoms with Crippen molar-refractivity contribution >= 4 is 27.0 Å². The van der Waals surface area contributed by atoms with Crippen molar-refractivity contribution in [1.29, 1.82) is 0 Å². The number of rotatable bonds is 7. The quantitative estimate of drug-likeness (QED) is 0.484. The molecule has 162 valence electrons. The molecule has 0 bridgehead atoms. The summed E-state index contributed by atoms with van der Waals surface area (Å²) in [6.07, 6.45) is -4.89. The van der Waals surface area contributed by atoms with Gasteiger partial charge in [-0.1, -0.05) is 0 Å². The largest absolute Gasteiger partial charge is 0.417 e. The van der Waals surface area contributed by atoms with Crippen LogP contribution in [0.3, 0.4) is 0 Å². The van der Waals surface area contributed by atoms with Gasteiger partial charge in [0.25, 0.3) is 11.8 Å². The van der Waals surface area contributed by atoms with Crippen molar-refractivity contribution < 1.29 is 34.8 Å². The van der Waals surface area contributed by atoms with E-state index in [2.05, 4.69) is 20.2 Å². The van der Waals surface area contributed by atoms with E-state index in [0.29, 0.717) is 12.3 Å². The average molecular weight is 469 g/mol. The Kier molecular flexibility index (Phi) is 6.03. The number of nitrogens with zero attached hydrogens (tertiary/aromatic N) is 5. The second-order valence-electron chi connectivity index (χ2n) is 5.70.